The first-order valence-corrected chi connectivity index (χ1v) is 10.1. The van der Waals surface area contributed by atoms with Crippen LogP contribution in [0.4, 0.5) is 0 Å². The zero-order chi connectivity index (χ0) is 19.3. The van der Waals surface area contributed by atoms with Crippen LogP contribution in [0.3, 0.4) is 0 Å². The van der Waals surface area contributed by atoms with Crippen LogP contribution in [0.1, 0.15) is 12.1 Å². The van der Waals surface area contributed by atoms with Crippen molar-refractivity contribution in [2.75, 3.05) is 6.61 Å². The van der Waals surface area contributed by atoms with Gasteiger partial charge in [0.25, 0.3) is 5.56 Å². The van der Waals surface area contributed by atoms with Crippen LogP contribution in [0.25, 0.3) is 16.6 Å². The predicted molar refractivity (Wildman–Crippen MR) is 111 cm³/mol. The fourth-order valence-electron chi connectivity index (χ4n) is 2.99. The number of hydrogen-bond acceptors (Lipinski definition) is 5. The minimum atomic E-state index is -0.0728. The molecule has 0 saturated heterocycles. The van der Waals surface area contributed by atoms with Crippen LogP contribution in [-0.4, -0.2) is 31.0 Å². The number of fused-ring (bicyclic) bond motifs is 1. The first-order chi connectivity index (χ1) is 13.8. The monoisotopic (exact) mass is 392 g/mol. The van der Waals surface area contributed by atoms with E-state index in [-0.39, 0.29) is 12.2 Å². The molecule has 6 nitrogen and oxygen atoms in total. The van der Waals surface area contributed by atoms with Gasteiger partial charge in [-0.15, -0.1) is 0 Å². The third-order valence-corrected chi connectivity index (χ3v) is 5.39. The average molecular weight is 392 g/mol. The Kier molecular flexibility index (Phi) is 5.55. The van der Waals surface area contributed by atoms with Crippen molar-refractivity contribution >= 4 is 22.7 Å². The van der Waals surface area contributed by atoms with Gasteiger partial charge in [0.2, 0.25) is 0 Å². The molecule has 2 aromatic heterocycles. The molecule has 0 aliphatic heterocycles. The molecule has 0 bridgehead atoms. The number of aliphatic hydroxyl groups is 1. The van der Waals surface area contributed by atoms with Crippen LogP contribution in [-0.2, 0) is 12.3 Å². The molecule has 2 aromatic carbocycles. The second-order valence-corrected chi connectivity index (χ2v) is 7.26. The Bertz CT molecular complexity index is 1140. The molecule has 0 atom stereocenters. The molecule has 4 rings (SSSR count). The third-order valence-electron chi connectivity index (χ3n) is 4.38. The van der Waals surface area contributed by atoms with Gasteiger partial charge in [-0.05, 0) is 36.8 Å². The van der Waals surface area contributed by atoms with Gasteiger partial charge in [0.15, 0.2) is 5.16 Å². The number of nitrogens with zero attached hydrogens (tertiary/aromatic N) is 4. The molecule has 2 heterocycles. The smallest absolute Gasteiger partial charge is 0.262 e. The predicted octanol–water partition coefficient (Wildman–Crippen LogP) is 3.26. The number of rotatable bonds is 7. The number of thioether (sulfide) groups is 1. The molecule has 0 fully saturated rings. The number of para-hydroxylation sites is 2. The normalized spacial score (nSPS) is 11.2. The van der Waals surface area contributed by atoms with Crippen LogP contribution < -0.4 is 5.56 Å². The molecule has 142 valence electrons. The molecule has 0 amide bonds. The van der Waals surface area contributed by atoms with E-state index < -0.39 is 0 Å². The minimum Gasteiger partial charge on any atom is -0.396 e. The van der Waals surface area contributed by atoms with E-state index in [2.05, 4.69) is 10.1 Å². The summed E-state index contributed by atoms with van der Waals surface area (Å²) in [5.74, 6) is 0.601. The van der Waals surface area contributed by atoms with Gasteiger partial charge in [0.05, 0.1) is 22.3 Å². The highest BCUT2D eigenvalue weighted by atomic mass is 32.2. The molecule has 0 aliphatic rings. The van der Waals surface area contributed by atoms with Gasteiger partial charge in [-0.25, -0.2) is 9.67 Å². The number of benzene rings is 2. The molecule has 4 aromatic rings. The highest BCUT2D eigenvalue weighted by Crippen LogP contribution is 2.22. The van der Waals surface area contributed by atoms with Crippen LogP contribution in [0, 0.1) is 0 Å². The van der Waals surface area contributed by atoms with Gasteiger partial charge < -0.3 is 5.11 Å². The molecule has 0 saturated carbocycles. The van der Waals surface area contributed by atoms with E-state index in [0.29, 0.717) is 34.8 Å². The number of aromatic nitrogens is 4. The van der Waals surface area contributed by atoms with E-state index in [4.69, 9.17) is 0 Å². The summed E-state index contributed by atoms with van der Waals surface area (Å²) in [4.78, 5) is 17.5. The topological polar surface area (TPSA) is 72.9 Å². The summed E-state index contributed by atoms with van der Waals surface area (Å²) in [6.07, 6.45) is 2.44. The summed E-state index contributed by atoms with van der Waals surface area (Å²) in [6.45, 7) is 0.471. The first kappa shape index (κ1) is 18.5. The van der Waals surface area contributed by atoms with Crippen LogP contribution in [0.15, 0.2) is 76.8 Å². The third kappa shape index (κ3) is 3.85. The van der Waals surface area contributed by atoms with Crippen molar-refractivity contribution in [1.29, 1.82) is 0 Å². The molecule has 0 aliphatic carbocycles. The van der Waals surface area contributed by atoms with Crippen molar-refractivity contribution in [3.8, 4) is 5.69 Å². The lowest BCUT2D eigenvalue weighted by Gasteiger charge is -2.12. The molecule has 0 spiro atoms. The maximum absolute atomic E-state index is 12.9. The van der Waals surface area contributed by atoms with Crippen molar-refractivity contribution < 1.29 is 5.11 Å². The Balaban J connectivity index is 1.60. The highest BCUT2D eigenvalue weighted by molar-refractivity contribution is 7.98. The number of hydrogen-bond donors (Lipinski definition) is 1. The largest absolute Gasteiger partial charge is 0.396 e. The number of aliphatic hydroxyl groups excluding tert-OH is 1. The Hall–Kier alpha value is -2.90. The Labute approximate surface area is 166 Å². The van der Waals surface area contributed by atoms with Crippen LogP contribution in [0.2, 0.25) is 0 Å². The van der Waals surface area contributed by atoms with E-state index in [0.717, 1.165) is 11.4 Å². The van der Waals surface area contributed by atoms with E-state index in [1.54, 1.807) is 10.6 Å². The van der Waals surface area contributed by atoms with Gasteiger partial charge in [-0.2, -0.15) is 5.10 Å². The lowest BCUT2D eigenvalue weighted by atomic mass is 10.2. The second-order valence-electron chi connectivity index (χ2n) is 6.32. The molecule has 0 radical (unpaired) electrons. The molecule has 0 unspecified atom stereocenters. The minimum absolute atomic E-state index is 0.0326. The van der Waals surface area contributed by atoms with Crippen molar-refractivity contribution in [2.45, 2.75) is 23.9 Å². The van der Waals surface area contributed by atoms with Gasteiger partial charge in [0, 0.05) is 25.1 Å². The summed E-state index contributed by atoms with van der Waals surface area (Å²) in [6, 6.07) is 19.3. The van der Waals surface area contributed by atoms with Gasteiger partial charge >= 0.3 is 0 Å². The summed E-state index contributed by atoms with van der Waals surface area (Å²) < 4.78 is 3.49. The van der Waals surface area contributed by atoms with Crippen molar-refractivity contribution in [1.82, 2.24) is 19.3 Å². The van der Waals surface area contributed by atoms with Crippen molar-refractivity contribution in [3.63, 3.8) is 0 Å². The van der Waals surface area contributed by atoms with Crippen LogP contribution >= 0.6 is 11.8 Å². The molecule has 28 heavy (non-hydrogen) atoms. The highest BCUT2D eigenvalue weighted by Gasteiger charge is 2.12. The molecule has 7 heteroatoms. The maximum atomic E-state index is 12.9. The standard InChI is InChI=1S/C21H20N4O2S/c26-14-6-12-24-20(27)18-9-4-5-10-19(18)22-21(24)28-15-16-11-13-25(23-16)17-7-2-1-3-8-17/h1-5,7-11,13,26H,6,12,14-15H2. The first-order valence-electron chi connectivity index (χ1n) is 9.09. The van der Waals surface area contributed by atoms with Gasteiger partial charge in [-0.3, -0.25) is 9.36 Å². The zero-order valence-corrected chi connectivity index (χ0v) is 16.0. The van der Waals surface area contributed by atoms with Crippen LogP contribution in [0.5, 0.6) is 0 Å². The van der Waals surface area contributed by atoms with Crippen molar-refractivity contribution in [3.05, 3.63) is 82.9 Å². The second kappa shape index (κ2) is 8.41. The SMILES string of the molecule is O=c1c2ccccc2nc(SCc2ccn(-c3ccccc3)n2)n1CCCO. The van der Waals surface area contributed by atoms with E-state index >= 15 is 0 Å². The summed E-state index contributed by atoms with van der Waals surface area (Å²) in [5.41, 5.74) is 2.52. The summed E-state index contributed by atoms with van der Waals surface area (Å²) >= 11 is 1.48. The molecular formula is C21H20N4O2S. The quantitative estimate of drug-likeness (QED) is 0.386. The molecule has 1 N–H and O–H groups in total. The average Bonchev–Trinajstić information content (AvgIpc) is 3.21. The molecular weight excluding hydrogens is 372 g/mol. The lowest BCUT2D eigenvalue weighted by molar-refractivity contribution is 0.276. The van der Waals surface area contributed by atoms with Crippen molar-refractivity contribution in [2.24, 2.45) is 0 Å². The Morgan fingerprint density at radius 2 is 1.79 bits per heavy atom. The maximum Gasteiger partial charge on any atom is 0.262 e. The van der Waals surface area contributed by atoms with E-state index in [9.17, 15) is 9.90 Å². The van der Waals surface area contributed by atoms with E-state index in [1.807, 2.05) is 65.5 Å². The Morgan fingerprint density at radius 1 is 1.00 bits per heavy atom. The van der Waals surface area contributed by atoms with Gasteiger partial charge in [0.1, 0.15) is 0 Å². The zero-order valence-electron chi connectivity index (χ0n) is 15.2. The summed E-state index contributed by atoms with van der Waals surface area (Å²) in [5, 5.41) is 15.0. The lowest BCUT2D eigenvalue weighted by Crippen LogP contribution is -2.24. The Morgan fingerprint density at radius 3 is 2.61 bits per heavy atom. The fourth-order valence-corrected chi connectivity index (χ4v) is 3.91. The van der Waals surface area contributed by atoms with Gasteiger partial charge in [-0.1, -0.05) is 42.1 Å². The summed E-state index contributed by atoms with van der Waals surface area (Å²) in [7, 11) is 0. The fraction of sp³-hybridized carbons (Fsp3) is 0.190. The van der Waals surface area contributed by atoms with E-state index in [1.165, 1.54) is 11.8 Å².